The summed E-state index contributed by atoms with van der Waals surface area (Å²) in [7, 11) is 0. The highest BCUT2D eigenvalue weighted by Crippen LogP contribution is 2.24. The van der Waals surface area contributed by atoms with Crippen LogP contribution in [0.2, 0.25) is 5.02 Å². The van der Waals surface area contributed by atoms with Gasteiger partial charge in [0, 0.05) is 41.0 Å². The summed E-state index contributed by atoms with van der Waals surface area (Å²) >= 11 is 6.00. The quantitative estimate of drug-likeness (QED) is 0.371. The Morgan fingerprint density at radius 2 is 1.78 bits per heavy atom. The second-order valence-electron chi connectivity index (χ2n) is 8.01. The predicted octanol–water partition coefficient (Wildman–Crippen LogP) is 5.35. The standard InChI is InChI=1S/C26H27ClN4O/c1-18-23(14-15-26(32)28-16-6-9-20-7-4-3-5-8-20)19(2)31-25(29-18)17-24(30-31)21-10-12-22(27)13-11-21/h3-5,7-8,10-13,17H,6,9,14-16H2,1-2H3,(H,28,32). The highest BCUT2D eigenvalue weighted by atomic mass is 35.5. The molecule has 0 bridgehead atoms. The second kappa shape index (κ2) is 9.96. The number of amides is 1. The monoisotopic (exact) mass is 446 g/mol. The number of carbonyl (C=O) groups excluding carboxylic acids is 1. The lowest BCUT2D eigenvalue weighted by Gasteiger charge is -2.11. The molecule has 164 valence electrons. The van der Waals surface area contributed by atoms with Crippen LogP contribution < -0.4 is 5.32 Å². The molecule has 32 heavy (non-hydrogen) atoms. The average molecular weight is 447 g/mol. The molecule has 2 aromatic carbocycles. The molecule has 1 N–H and O–H groups in total. The molecule has 0 atom stereocenters. The topological polar surface area (TPSA) is 59.3 Å². The number of benzene rings is 2. The van der Waals surface area contributed by atoms with Gasteiger partial charge in [0.2, 0.25) is 5.91 Å². The fraction of sp³-hybridized carbons (Fsp3) is 0.269. The van der Waals surface area contributed by atoms with Crippen molar-refractivity contribution in [3.63, 3.8) is 0 Å². The van der Waals surface area contributed by atoms with Crippen LogP contribution in [-0.2, 0) is 17.6 Å². The minimum atomic E-state index is 0.0688. The Morgan fingerprint density at radius 1 is 1.03 bits per heavy atom. The first-order valence-corrected chi connectivity index (χ1v) is 11.3. The molecule has 0 unspecified atom stereocenters. The minimum Gasteiger partial charge on any atom is -0.356 e. The van der Waals surface area contributed by atoms with Gasteiger partial charge in [-0.05, 0) is 56.4 Å². The van der Waals surface area contributed by atoms with Crippen molar-refractivity contribution in [2.24, 2.45) is 0 Å². The zero-order chi connectivity index (χ0) is 22.5. The van der Waals surface area contributed by atoms with Crippen LogP contribution in [0.1, 0.15) is 35.4 Å². The van der Waals surface area contributed by atoms with Gasteiger partial charge >= 0.3 is 0 Å². The van der Waals surface area contributed by atoms with Crippen LogP contribution in [0.15, 0.2) is 60.7 Å². The summed E-state index contributed by atoms with van der Waals surface area (Å²) in [6.45, 7) is 4.72. The third kappa shape index (κ3) is 5.17. The normalized spacial score (nSPS) is 11.1. The summed E-state index contributed by atoms with van der Waals surface area (Å²) in [6, 6.07) is 19.9. The average Bonchev–Trinajstić information content (AvgIpc) is 3.22. The van der Waals surface area contributed by atoms with Crippen molar-refractivity contribution in [3.8, 4) is 11.3 Å². The molecule has 5 nitrogen and oxygen atoms in total. The van der Waals surface area contributed by atoms with Crippen LogP contribution in [0.25, 0.3) is 16.9 Å². The molecular weight excluding hydrogens is 420 g/mol. The Bertz CT molecular complexity index is 1220. The van der Waals surface area contributed by atoms with E-state index in [0.717, 1.165) is 46.7 Å². The summed E-state index contributed by atoms with van der Waals surface area (Å²) in [5.74, 6) is 0.0688. The van der Waals surface area contributed by atoms with Gasteiger partial charge in [0.15, 0.2) is 5.65 Å². The van der Waals surface area contributed by atoms with Gasteiger partial charge in [0.1, 0.15) is 0 Å². The van der Waals surface area contributed by atoms with Gasteiger partial charge in [-0.2, -0.15) is 5.10 Å². The van der Waals surface area contributed by atoms with E-state index in [-0.39, 0.29) is 5.91 Å². The lowest BCUT2D eigenvalue weighted by molar-refractivity contribution is -0.121. The largest absolute Gasteiger partial charge is 0.356 e. The number of rotatable bonds is 8. The minimum absolute atomic E-state index is 0.0688. The van der Waals surface area contributed by atoms with E-state index in [1.807, 2.05) is 66.9 Å². The molecule has 4 aromatic rings. The van der Waals surface area contributed by atoms with Gasteiger partial charge in [0.05, 0.1) is 5.69 Å². The maximum absolute atomic E-state index is 12.4. The van der Waals surface area contributed by atoms with Gasteiger partial charge < -0.3 is 5.32 Å². The summed E-state index contributed by atoms with van der Waals surface area (Å²) in [4.78, 5) is 17.1. The molecule has 0 aliphatic carbocycles. The Hall–Kier alpha value is -3.18. The molecule has 1 amide bonds. The maximum Gasteiger partial charge on any atom is 0.220 e. The Balaban J connectivity index is 1.38. The van der Waals surface area contributed by atoms with E-state index in [4.69, 9.17) is 21.7 Å². The fourth-order valence-electron chi connectivity index (χ4n) is 3.94. The highest BCUT2D eigenvalue weighted by molar-refractivity contribution is 6.30. The van der Waals surface area contributed by atoms with Gasteiger partial charge in [-0.15, -0.1) is 0 Å². The number of nitrogens with zero attached hydrogens (tertiary/aromatic N) is 3. The molecule has 0 fully saturated rings. The second-order valence-corrected chi connectivity index (χ2v) is 8.44. The molecule has 0 saturated carbocycles. The molecule has 2 heterocycles. The fourth-order valence-corrected chi connectivity index (χ4v) is 4.07. The molecule has 6 heteroatoms. The zero-order valence-corrected chi connectivity index (χ0v) is 19.2. The van der Waals surface area contributed by atoms with Gasteiger partial charge in [-0.25, -0.2) is 9.50 Å². The van der Waals surface area contributed by atoms with Crippen LogP contribution in [0.3, 0.4) is 0 Å². The van der Waals surface area contributed by atoms with Crippen molar-refractivity contribution in [2.75, 3.05) is 6.54 Å². The lowest BCUT2D eigenvalue weighted by atomic mass is 10.1. The first-order valence-electron chi connectivity index (χ1n) is 10.9. The predicted molar refractivity (Wildman–Crippen MR) is 129 cm³/mol. The molecule has 0 radical (unpaired) electrons. The molecule has 0 aliphatic rings. The van der Waals surface area contributed by atoms with E-state index < -0.39 is 0 Å². The number of aromatic nitrogens is 3. The molecular formula is C26H27ClN4O. The highest BCUT2D eigenvalue weighted by Gasteiger charge is 2.14. The number of hydrogen-bond acceptors (Lipinski definition) is 3. The van der Waals surface area contributed by atoms with Crippen molar-refractivity contribution in [1.29, 1.82) is 0 Å². The number of hydrogen-bond donors (Lipinski definition) is 1. The van der Waals surface area contributed by atoms with E-state index in [0.29, 0.717) is 24.4 Å². The van der Waals surface area contributed by atoms with Crippen molar-refractivity contribution in [2.45, 2.75) is 39.5 Å². The van der Waals surface area contributed by atoms with Crippen LogP contribution in [-0.4, -0.2) is 27.0 Å². The van der Waals surface area contributed by atoms with Crippen LogP contribution in [0.5, 0.6) is 0 Å². The number of halogens is 1. The first kappa shape index (κ1) is 22.0. The van der Waals surface area contributed by atoms with Crippen molar-refractivity contribution < 1.29 is 4.79 Å². The Labute approximate surface area is 193 Å². The molecule has 0 aliphatic heterocycles. The van der Waals surface area contributed by atoms with Crippen LogP contribution in [0, 0.1) is 13.8 Å². The van der Waals surface area contributed by atoms with E-state index in [2.05, 4.69) is 17.4 Å². The number of carbonyl (C=O) groups is 1. The van der Waals surface area contributed by atoms with Crippen LogP contribution >= 0.6 is 11.6 Å². The smallest absolute Gasteiger partial charge is 0.220 e. The van der Waals surface area contributed by atoms with Gasteiger partial charge in [-0.3, -0.25) is 4.79 Å². The van der Waals surface area contributed by atoms with E-state index >= 15 is 0 Å². The molecule has 2 aromatic heterocycles. The maximum atomic E-state index is 12.4. The molecule has 4 rings (SSSR count). The van der Waals surface area contributed by atoms with Crippen LogP contribution in [0.4, 0.5) is 0 Å². The molecule has 0 spiro atoms. The lowest BCUT2D eigenvalue weighted by Crippen LogP contribution is -2.25. The first-order chi connectivity index (χ1) is 15.5. The van der Waals surface area contributed by atoms with Crippen molar-refractivity contribution in [1.82, 2.24) is 19.9 Å². The van der Waals surface area contributed by atoms with E-state index in [1.54, 1.807) is 0 Å². The number of fused-ring (bicyclic) bond motifs is 1. The third-order valence-corrected chi connectivity index (χ3v) is 5.97. The van der Waals surface area contributed by atoms with Crippen molar-refractivity contribution in [3.05, 3.63) is 88.2 Å². The Kier molecular flexibility index (Phi) is 6.86. The van der Waals surface area contributed by atoms with Gasteiger partial charge in [0.25, 0.3) is 0 Å². The number of aryl methyl sites for hydroxylation is 3. The zero-order valence-electron chi connectivity index (χ0n) is 18.4. The SMILES string of the molecule is Cc1nc2cc(-c3ccc(Cl)cc3)nn2c(C)c1CCC(=O)NCCCc1ccccc1. The van der Waals surface area contributed by atoms with Gasteiger partial charge in [-0.1, -0.05) is 54.1 Å². The summed E-state index contributed by atoms with van der Waals surface area (Å²) in [6.07, 6.45) is 2.98. The van der Waals surface area contributed by atoms with E-state index in [9.17, 15) is 4.79 Å². The summed E-state index contributed by atoms with van der Waals surface area (Å²) in [5, 5.41) is 8.48. The summed E-state index contributed by atoms with van der Waals surface area (Å²) in [5.41, 5.74) is 6.98. The third-order valence-electron chi connectivity index (χ3n) is 5.71. The Morgan fingerprint density at radius 3 is 2.53 bits per heavy atom. The molecule has 0 saturated heterocycles. The van der Waals surface area contributed by atoms with E-state index in [1.165, 1.54) is 5.56 Å². The summed E-state index contributed by atoms with van der Waals surface area (Å²) < 4.78 is 1.87. The van der Waals surface area contributed by atoms with Crippen molar-refractivity contribution >= 4 is 23.2 Å². The number of nitrogens with one attached hydrogen (secondary N) is 1.